The van der Waals surface area contributed by atoms with Crippen molar-refractivity contribution in [3.63, 3.8) is 0 Å². The molecule has 1 saturated heterocycles. The van der Waals surface area contributed by atoms with Gasteiger partial charge in [-0.25, -0.2) is 4.98 Å². The Kier molecular flexibility index (Phi) is 5.43. The molecule has 0 spiro atoms. The first kappa shape index (κ1) is 16.5. The Labute approximate surface area is 142 Å². The summed E-state index contributed by atoms with van der Waals surface area (Å²) in [4.78, 5) is 16.2. The molecule has 1 aromatic heterocycles. The molecule has 5 heteroatoms. The fraction of sp³-hybridized carbons (Fsp3) is 0.368. The van der Waals surface area contributed by atoms with Crippen LogP contribution in [0, 0.1) is 12.8 Å². The minimum atomic E-state index is 0.0379. The molecule has 1 aliphatic heterocycles. The third-order valence-electron chi connectivity index (χ3n) is 4.21. The number of benzene rings is 1. The summed E-state index contributed by atoms with van der Waals surface area (Å²) >= 11 is 0. The summed E-state index contributed by atoms with van der Waals surface area (Å²) in [6, 6.07) is 11.4. The number of pyridine rings is 1. The third-order valence-corrected chi connectivity index (χ3v) is 4.21. The van der Waals surface area contributed by atoms with E-state index in [0.717, 1.165) is 25.3 Å². The number of ether oxygens (including phenoxy) is 1. The van der Waals surface area contributed by atoms with Gasteiger partial charge in [0, 0.05) is 12.5 Å². The average Bonchev–Trinajstić information content (AvgIpc) is 3.10. The van der Waals surface area contributed by atoms with Gasteiger partial charge in [0.2, 0.25) is 11.8 Å². The first-order valence-electron chi connectivity index (χ1n) is 8.40. The maximum absolute atomic E-state index is 12.0. The van der Waals surface area contributed by atoms with Crippen LogP contribution in [0.15, 0.2) is 42.6 Å². The molecule has 0 bridgehead atoms. The van der Waals surface area contributed by atoms with Crippen molar-refractivity contribution in [3.05, 3.63) is 48.2 Å². The van der Waals surface area contributed by atoms with Crippen LogP contribution < -0.4 is 15.4 Å². The van der Waals surface area contributed by atoms with Gasteiger partial charge in [0.1, 0.15) is 5.75 Å². The van der Waals surface area contributed by atoms with Gasteiger partial charge in [-0.15, -0.1) is 0 Å². The monoisotopic (exact) mass is 325 g/mol. The van der Waals surface area contributed by atoms with Crippen LogP contribution in [0.25, 0.3) is 0 Å². The SMILES string of the molecule is Cc1ccc(Oc2ccc(NC(=O)CCC3CCNC3)cn2)cc1. The van der Waals surface area contributed by atoms with Crippen LogP contribution in [0.1, 0.15) is 24.8 Å². The van der Waals surface area contributed by atoms with E-state index in [4.69, 9.17) is 4.74 Å². The molecule has 1 amide bonds. The Morgan fingerprint density at radius 2 is 2.12 bits per heavy atom. The summed E-state index contributed by atoms with van der Waals surface area (Å²) in [5.41, 5.74) is 1.88. The molecule has 0 aliphatic carbocycles. The van der Waals surface area contributed by atoms with Crippen LogP contribution in [0.5, 0.6) is 11.6 Å². The fourth-order valence-corrected chi connectivity index (χ4v) is 2.76. The highest BCUT2D eigenvalue weighted by Gasteiger charge is 2.15. The van der Waals surface area contributed by atoms with E-state index in [0.29, 0.717) is 23.9 Å². The number of aryl methyl sites for hydroxylation is 1. The van der Waals surface area contributed by atoms with Crippen molar-refractivity contribution >= 4 is 11.6 Å². The number of hydrogen-bond donors (Lipinski definition) is 2. The van der Waals surface area contributed by atoms with Crippen LogP contribution in [-0.4, -0.2) is 24.0 Å². The Balaban J connectivity index is 1.48. The molecule has 1 aliphatic rings. The lowest BCUT2D eigenvalue weighted by atomic mass is 10.0. The lowest BCUT2D eigenvalue weighted by Crippen LogP contribution is -2.15. The van der Waals surface area contributed by atoms with Gasteiger partial charge in [0.15, 0.2) is 0 Å². The second-order valence-electron chi connectivity index (χ2n) is 6.25. The van der Waals surface area contributed by atoms with Gasteiger partial charge in [0.25, 0.3) is 0 Å². The number of amides is 1. The summed E-state index contributed by atoms with van der Waals surface area (Å²) in [5.74, 6) is 1.92. The van der Waals surface area contributed by atoms with Crippen LogP contribution in [-0.2, 0) is 4.79 Å². The fourth-order valence-electron chi connectivity index (χ4n) is 2.76. The van der Waals surface area contributed by atoms with E-state index in [2.05, 4.69) is 15.6 Å². The molecule has 1 fully saturated rings. The van der Waals surface area contributed by atoms with Crippen LogP contribution in [0.4, 0.5) is 5.69 Å². The van der Waals surface area contributed by atoms with Gasteiger partial charge >= 0.3 is 0 Å². The number of rotatable bonds is 6. The van der Waals surface area contributed by atoms with E-state index >= 15 is 0 Å². The van der Waals surface area contributed by atoms with Crippen molar-refractivity contribution in [2.45, 2.75) is 26.2 Å². The van der Waals surface area contributed by atoms with Crippen molar-refractivity contribution in [2.24, 2.45) is 5.92 Å². The first-order valence-corrected chi connectivity index (χ1v) is 8.40. The number of hydrogen-bond acceptors (Lipinski definition) is 4. The topological polar surface area (TPSA) is 63.2 Å². The summed E-state index contributed by atoms with van der Waals surface area (Å²) in [6.07, 6.45) is 4.27. The molecule has 2 aromatic rings. The molecular weight excluding hydrogens is 302 g/mol. The van der Waals surface area contributed by atoms with E-state index in [1.54, 1.807) is 12.3 Å². The Bertz CT molecular complexity index is 662. The lowest BCUT2D eigenvalue weighted by molar-refractivity contribution is -0.116. The highest BCUT2D eigenvalue weighted by molar-refractivity contribution is 5.90. The van der Waals surface area contributed by atoms with Gasteiger partial charge in [-0.3, -0.25) is 4.79 Å². The predicted molar refractivity (Wildman–Crippen MR) is 94.3 cm³/mol. The minimum Gasteiger partial charge on any atom is -0.439 e. The molecule has 0 radical (unpaired) electrons. The number of nitrogens with one attached hydrogen (secondary N) is 2. The molecule has 0 saturated carbocycles. The summed E-state index contributed by atoms with van der Waals surface area (Å²) in [7, 11) is 0. The summed E-state index contributed by atoms with van der Waals surface area (Å²) < 4.78 is 5.68. The number of nitrogens with zero attached hydrogens (tertiary/aromatic N) is 1. The zero-order valence-corrected chi connectivity index (χ0v) is 13.9. The average molecular weight is 325 g/mol. The molecule has 1 aromatic carbocycles. The Morgan fingerprint density at radius 3 is 2.79 bits per heavy atom. The van der Waals surface area contributed by atoms with Crippen molar-refractivity contribution in [3.8, 4) is 11.6 Å². The largest absolute Gasteiger partial charge is 0.439 e. The van der Waals surface area contributed by atoms with Gasteiger partial charge in [0.05, 0.1) is 11.9 Å². The van der Waals surface area contributed by atoms with E-state index < -0.39 is 0 Å². The second-order valence-corrected chi connectivity index (χ2v) is 6.25. The third kappa shape index (κ3) is 4.80. The van der Waals surface area contributed by atoms with Crippen molar-refractivity contribution in [2.75, 3.05) is 18.4 Å². The van der Waals surface area contributed by atoms with Gasteiger partial charge < -0.3 is 15.4 Å². The van der Waals surface area contributed by atoms with Crippen LogP contribution >= 0.6 is 0 Å². The van der Waals surface area contributed by atoms with Crippen LogP contribution in [0.2, 0.25) is 0 Å². The number of aromatic nitrogens is 1. The maximum Gasteiger partial charge on any atom is 0.224 e. The molecule has 2 N–H and O–H groups in total. The minimum absolute atomic E-state index is 0.0379. The highest BCUT2D eigenvalue weighted by Crippen LogP contribution is 2.21. The molecule has 24 heavy (non-hydrogen) atoms. The zero-order valence-electron chi connectivity index (χ0n) is 13.9. The van der Waals surface area contributed by atoms with Gasteiger partial charge in [-0.05, 0) is 57.0 Å². The van der Waals surface area contributed by atoms with E-state index in [1.165, 1.54) is 12.0 Å². The van der Waals surface area contributed by atoms with Crippen molar-refractivity contribution in [1.82, 2.24) is 10.3 Å². The maximum atomic E-state index is 12.0. The van der Waals surface area contributed by atoms with E-state index in [-0.39, 0.29) is 5.91 Å². The van der Waals surface area contributed by atoms with Gasteiger partial charge in [-0.1, -0.05) is 17.7 Å². The second kappa shape index (κ2) is 7.93. The van der Waals surface area contributed by atoms with Crippen LogP contribution in [0.3, 0.4) is 0 Å². The summed E-state index contributed by atoms with van der Waals surface area (Å²) in [5, 5.41) is 6.21. The smallest absolute Gasteiger partial charge is 0.224 e. The molecular formula is C19H23N3O2. The first-order chi connectivity index (χ1) is 11.7. The molecule has 3 rings (SSSR count). The Morgan fingerprint density at radius 1 is 1.29 bits per heavy atom. The molecule has 2 heterocycles. The number of anilines is 1. The molecule has 5 nitrogen and oxygen atoms in total. The molecule has 1 unspecified atom stereocenters. The van der Waals surface area contributed by atoms with E-state index in [9.17, 15) is 4.79 Å². The van der Waals surface area contributed by atoms with Crippen molar-refractivity contribution in [1.29, 1.82) is 0 Å². The molecule has 126 valence electrons. The Hall–Kier alpha value is -2.40. The zero-order chi connectivity index (χ0) is 16.8. The van der Waals surface area contributed by atoms with E-state index in [1.807, 2.05) is 37.3 Å². The highest BCUT2D eigenvalue weighted by atomic mass is 16.5. The lowest BCUT2D eigenvalue weighted by Gasteiger charge is -2.09. The van der Waals surface area contributed by atoms with Crippen molar-refractivity contribution < 1.29 is 9.53 Å². The summed E-state index contributed by atoms with van der Waals surface area (Å²) in [6.45, 7) is 4.13. The number of carbonyl (C=O) groups excluding carboxylic acids is 1. The molecule has 1 atom stereocenters. The standard InChI is InChI=1S/C19H23N3O2/c1-14-2-6-17(7-3-14)24-19-9-5-16(13-21-19)22-18(23)8-4-15-10-11-20-12-15/h2-3,5-7,9,13,15,20H,4,8,10-12H2,1H3,(H,22,23). The predicted octanol–water partition coefficient (Wildman–Crippen LogP) is 3.51. The number of carbonyl (C=O) groups is 1. The normalized spacial score (nSPS) is 16.8. The quantitative estimate of drug-likeness (QED) is 0.853. The van der Waals surface area contributed by atoms with Gasteiger partial charge in [-0.2, -0.15) is 0 Å².